The van der Waals surface area contributed by atoms with Crippen LogP contribution in [0.4, 0.5) is 10.5 Å². The molecular formula is C13H18N2O4. The van der Waals surface area contributed by atoms with E-state index < -0.39 is 5.97 Å². The van der Waals surface area contributed by atoms with Crippen LogP contribution in [0, 0.1) is 6.92 Å². The molecule has 0 aliphatic heterocycles. The van der Waals surface area contributed by atoms with Crippen LogP contribution in [0.1, 0.15) is 15.9 Å². The highest BCUT2D eigenvalue weighted by molar-refractivity contribution is 5.94. The second-order valence-electron chi connectivity index (χ2n) is 3.89. The molecule has 0 atom stereocenters. The molecule has 0 saturated heterocycles. The molecule has 0 saturated carbocycles. The SMILES string of the molecule is COCCNC(=O)Nc1cc(C(=O)OC)ccc1C. The first kappa shape index (κ1) is 15.0. The predicted octanol–water partition coefficient (Wildman–Crippen LogP) is 1.55. The molecule has 0 unspecified atom stereocenters. The molecule has 1 rings (SSSR count). The molecule has 0 heterocycles. The lowest BCUT2D eigenvalue weighted by Crippen LogP contribution is -2.31. The van der Waals surface area contributed by atoms with Crippen molar-refractivity contribution in [2.24, 2.45) is 0 Å². The monoisotopic (exact) mass is 266 g/mol. The van der Waals surface area contributed by atoms with E-state index >= 15 is 0 Å². The van der Waals surface area contributed by atoms with Crippen LogP contribution in [0.5, 0.6) is 0 Å². The fourth-order valence-electron chi connectivity index (χ4n) is 1.43. The zero-order valence-electron chi connectivity index (χ0n) is 11.3. The number of anilines is 1. The van der Waals surface area contributed by atoms with Crippen LogP contribution in [0.25, 0.3) is 0 Å². The van der Waals surface area contributed by atoms with Crippen LogP contribution < -0.4 is 10.6 Å². The number of hydrogen-bond acceptors (Lipinski definition) is 4. The lowest BCUT2D eigenvalue weighted by molar-refractivity contribution is 0.0600. The standard InChI is InChI=1S/C13H18N2O4/c1-9-4-5-10(12(16)19-3)8-11(9)15-13(17)14-6-7-18-2/h4-5,8H,6-7H2,1-3H3,(H2,14,15,17). The zero-order valence-corrected chi connectivity index (χ0v) is 11.3. The summed E-state index contributed by atoms with van der Waals surface area (Å²) >= 11 is 0. The number of urea groups is 1. The lowest BCUT2D eigenvalue weighted by Gasteiger charge is -2.11. The van der Waals surface area contributed by atoms with Gasteiger partial charge in [-0.05, 0) is 24.6 Å². The number of rotatable bonds is 5. The summed E-state index contributed by atoms with van der Waals surface area (Å²) in [4.78, 5) is 23.0. The van der Waals surface area contributed by atoms with E-state index in [-0.39, 0.29) is 6.03 Å². The number of hydrogen-bond donors (Lipinski definition) is 2. The van der Waals surface area contributed by atoms with Gasteiger partial charge in [0, 0.05) is 19.3 Å². The van der Waals surface area contributed by atoms with Gasteiger partial charge < -0.3 is 20.1 Å². The molecule has 0 spiro atoms. The van der Waals surface area contributed by atoms with Crippen molar-refractivity contribution in [3.05, 3.63) is 29.3 Å². The number of benzene rings is 1. The summed E-state index contributed by atoms with van der Waals surface area (Å²) in [6.45, 7) is 2.69. The molecule has 2 amide bonds. The van der Waals surface area contributed by atoms with Crippen LogP contribution in [0.3, 0.4) is 0 Å². The quantitative estimate of drug-likeness (QED) is 0.626. The fourth-order valence-corrected chi connectivity index (χ4v) is 1.43. The van der Waals surface area contributed by atoms with E-state index in [1.807, 2.05) is 6.92 Å². The largest absolute Gasteiger partial charge is 0.465 e. The number of amides is 2. The minimum Gasteiger partial charge on any atom is -0.465 e. The van der Waals surface area contributed by atoms with Crippen molar-refractivity contribution in [1.82, 2.24) is 5.32 Å². The summed E-state index contributed by atoms with van der Waals surface area (Å²) in [6.07, 6.45) is 0. The molecule has 0 aliphatic carbocycles. The summed E-state index contributed by atoms with van der Waals surface area (Å²) < 4.78 is 9.46. The second kappa shape index (κ2) is 7.38. The molecule has 19 heavy (non-hydrogen) atoms. The first-order valence-electron chi connectivity index (χ1n) is 5.81. The summed E-state index contributed by atoms with van der Waals surface area (Å²) in [7, 11) is 2.87. The van der Waals surface area contributed by atoms with Crippen LogP contribution in [0.15, 0.2) is 18.2 Å². The number of esters is 1. The topological polar surface area (TPSA) is 76.7 Å². The molecule has 1 aromatic rings. The predicted molar refractivity (Wildman–Crippen MR) is 71.4 cm³/mol. The lowest BCUT2D eigenvalue weighted by atomic mass is 10.1. The number of nitrogens with one attached hydrogen (secondary N) is 2. The molecule has 1 aromatic carbocycles. The Hall–Kier alpha value is -2.08. The van der Waals surface area contributed by atoms with Crippen molar-refractivity contribution in [1.29, 1.82) is 0 Å². The van der Waals surface area contributed by atoms with Crippen LogP contribution in [0.2, 0.25) is 0 Å². The Morgan fingerprint density at radius 2 is 2.00 bits per heavy atom. The van der Waals surface area contributed by atoms with Gasteiger partial charge >= 0.3 is 12.0 Å². The Kier molecular flexibility index (Phi) is 5.81. The van der Waals surface area contributed by atoms with Crippen LogP contribution in [-0.2, 0) is 9.47 Å². The Balaban J connectivity index is 2.71. The number of carbonyl (C=O) groups excluding carboxylic acids is 2. The highest BCUT2D eigenvalue weighted by atomic mass is 16.5. The summed E-state index contributed by atoms with van der Waals surface area (Å²) in [5.41, 5.74) is 1.81. The maximum Gasteiger partial charge on any atom is 0.337 e. The highest BCUT2D eigenvalue weighted by Crippen LogP contribution is 2.17. The Bertz CT molecular complexity index is 460. The van der Waals surface area contributed by atoms with Gasteiger partial charge in [-0.2, -0.15) is 0 Å². The average molecular weight is 266 g/mol. The Morgan fingerprint density at radius 1 is 1.26 bits per heavy atom. The Morgan fingerprint density at radius 3 is 2.63 bits per heavy atom. The fraction of sp³-hybridized carbons (Fsp3) is 0.385. The number of carbonyl (C=O) groups is 2. The zero-order chi connectivity index (χ0) is 14.3. The van der Waals surface area contributed by atoms with Crippen LogP contribution in [-0.4, -0.2) is 39.4 Å². The third kappa shape index (κ3) is 4.59. The van der Waals surface area contributed by atoms with Crippen molar-refractivity contribution < 1.29 is 19.1 Å². The van der Waals surface area contributed by atoms with Gasteiger partial charge in [0.2, 0.25) is 0 Å². The van der Waals surface area contributed by atoms with Crippen LogP contribution >= 0.6 is 0 Å². The van der Waals surface area contributed by atoms with Gasteiger partial charge in [-0.15, -0.1) is 0 Å². The molecule has 0 aromatic heterocycles. The molecular weight excluding hydrogens is 248 g/mol. The first-order valence-corrected chi connectivity index (χ1v) is 5.81. The van der Waals surface area contributed by atoms with Gasteiger partial charge in [0.05, 0.1) is 19.3 Å². The third-order valence-corrected chi connectivity index (χ3v) is 2.50. The molecule has 6 nitrogen and oxygen atoms in total. The molecule has 104 valence electrons. The van der Waals surface area contributed by atoms with Gasteiger partial charge in [0.15, 0.2) is 0 Å². The van der Waals surface area contributed by atoms with E-state index in [4.69, 9.17) is 4.74 Å². The second-order valence-corrected chi connectivity index (χ2v) is 3.89. The molecule has 0 radical (unpaired) electrons. The molecule has 6 heteroatoms. The molecule has 0 fully saturated rings. The highest BCUT2D eigenvalue weighted by Gasteiger charge is 2.09. The molecule has 0 aliphatic rings. The molecule has 0 bridgehead atoms. The van der Waals surface area contributed by atoms with Crippen molar-refractivity contribution in [3.8, 4) is 0 Å². The smallest absolute Gasteiger partial charge is 0.337 e. The van der Waals surface area contributed by atoms with E-state index in [2.05, 4.69) is 15.4 Å². The average Bonchev–Trinajstić information content (AvgIpc) is 2.40. The van der Waals surface area contributed by atoms with E-state index in [1.165, 1.54) is 7.11 Å². The normalized spacial score (nSPS) is 9.84. The van der Waals surface area contributed by atoms with E-state index in [9.17, 15) is 9.59 Å². The Labute approximate surface area is 112 Å². The van der Waals surface area contributed by atoms with Gasteiger partial charge in [0.1, 0.15) is 0 Å². The van der Waals surface area contributed by atoms with Gasteiger partial charge in [0.25, 0.3) is 0 Å². The van der Waals surface area contributed by atoms with Gasteiger partial charge in [-0.1, -0.05) is 6.07 Å². The summed E-state index contributed by atoms with van der Waals surface area (Å²) in [5, 5.41) is 5.31. The maximum absolute atomic E-state index is 11.6. The molecule has 2 N–H and O–H groups in total. The van der Waals surface area contributed by atoms with E-state index in [1.54, 1.807) is 25.3 Å². The summed E-state index contributed by atoms with van der Waals surface area (Å²) in [6, 6.07) is 4.63. The summed E-state index contributed by atoms with van der Waals surface area (Å²) in [5.74, 6) is -0.442. The van der Waals surface area contributed by atoms with E-state index in [0.717, 1.165) is 5.56 Å². The maximum atomic E-state index is 11.6. The van der Waals surface area contributed by atoms with Crippen molar-refractivity contribution >= 4 is 17.7 Å². The minimum atomic E-state index is -0.442. The first-order chi connectivity index (χ1) is 9.08. The van der Waals surface area contributed by atoms with Crippen molar-refractivity contribution in [3.63, 3.8) is 0 Å². The van der Waals surface area contributed by atoms with Gasteiger partial charge in [-0.3, -0.25) is 0 Å². The number of methoxy groups -OCH3 is 2. The van der Waals surface area contributed by atoms with Crippen molar-refractivity contribution in [2.75, 3.05) is 32.7 Å². The van der Waals surface area contributed by atoms with E-state index in [0.29, 0.717) is 24.4 Å². The van der Waals surface area contributed by atoms with Crippen molar-refractivity contribution in [2.45, 2.75) is 6.92 Å². The third-order valence-electron chi connectivity index (χ3n) is 2.50. The minimum absolute atomic E-state index is 0.345. The number of aryl methyl sites for hydroxylation is 1. The number of ether oxygens (including phenoxy) is 2. The van der Waals surface area contributed by atoms with Gasteiger partial charge in [-0.25, -0.2) is 9.59 Å².